The first-order chi connectivity index (χ1) is 16.3. The van der Waals surface area contributed by atoms with Crippen molar-refractivity contribution in [2.75, 3.05) is 38.2 Å². The molecule has 0 aromatic heterocycles. The molecule has 11 heteroatoms. The van der Waals surface area contributed by atoms with Crippen molar-refractivity contribution in [3.63, 3.8) is 0 Å². The number of piperazine rings is 1. The quantitative estimate of drug-likeness (QED) is 0.470. The van der Waals surface area contributed by atoms with E-state index in [0.29, 0.717) is 26.2 Å². The number of methoxy groups -OCH3 is 1. The van der Waals surface area contributed by atoms with Gasteiger partial charge in [0, 0.05) is 55.6 Å². The highest BCUT2D eigenvalue weighted by Crippen LogP contribution is 2.28. The minimum absolute atomic E-state index is 0.0224. The second kappa shape index (κ2) is 9.98. The molecule has 0 spiro atoms. The van der Waals surface area contributed by atoms with E-state index < -0.39 is 14.9 Å². The van der Waals surface area contributed by atoms with Crippen molar-refractivity contribution in [1.29, 1.82) is 0 Å². The molecule has 0 atom stereocenters. The minimum Gasteiger partial charge on any atom is -0.495 e. The van der Waals surface area contributed by atoms with Gasteiger partial charge in [-0.15, -0.1) is 0 Å². The third-order valence-corrected chi connectivity index (χ3v) is 7.89. The van der Waals surface area contributed by atoms with Gasteiger partial charge in [0.15, 0.2) is 0 Å². The van der Waals surface area contributed by atoms with Crippen LogP contribution in [0.1, 0.15) is 36.0 Å². The van der Waals surface area contributed by atoms with E-state index in [-0.39, 0.29) is 33.8 Å². The summed E-state index contributed by atoms with van der Waals surface area (Å²) in [6, 6.07) is 10.8. The van der Waals surface area contributed by atoms with Gasteiger partial charge in [-0.05, 0) is 37.1 Å². The smallest absolute Gasteiger partial charge is 0.271 e. The van der Waals surface area contributed by atoms with Crippen LogP contribution in [0.25, 0.3) is 0 Å². The number of anilines is 1. The molecule has 1 saturated carbocycles. The summed E-state index contributed by atoms with van der Waals surface area (Å²) in [6.07, 6.45) is 3.58. The fourth-order valence-corrected chi connectivity index (χ4v) is 6.00. The Hall–Kier alpha value is -3.18. The van der Waals surface area contributed by atoms with Crippen molar-refractivity contribution in [1.82, 2.24) is 9.62 Å². The van der Waals surface area contributed by atoms with Gasteiger partial charge in [-0.3, -0.25) is 14.9 Å². The highest BCUT2D eigenvalue weighted by atomic mass is 32.2. The number of hydrogen-bond donors (Lipinski definition) is 1. The van der Waals surface area contributed by atoms with E-state index in [4.69, 9.17) is 4.74 Å². The van der Waals surface area contributed by atoms with Crippen molar-refractivity contribution in [2.45, 2.75) is 36.6 Å². The van der Waals surface area contributed by atoms with Crippen LogP contribution in [0.2, 0.25) is 0 Å². The van der Waals surface area contributed by atoms with Gasteiger partial charge >= 0.3 is 0 Å². The Kier molecular flexibility index (Phi) is 7.03. The predicted octanol–water partition coefficient (Wildman–Crippen LogP) is 2.79. The first-order valence-electron chi connectivity index (χ1n) is 11.3. The van der Waals surface area contributed by atoms with Crippen LogP contribution in [-0.4, -0.2) is 63.5 Å². The van der Waals surface area contributed by atoms with Crippen LogP contribution >= 0.6 is 0 Å². The number of nitrogens with zero attached hydrogens (tertiary/aromatic N) is 3. The molecule has 1 amide bonds. The first kappa shape index (κ1) is 24.0. The number of sulfonamides is 1. The topological polar surface area (TPSA) is 122 Å². The lowest BCUT2D eigenvalue weighted by atomic mass is 10.1. The predicted molar refractivity (Wildman–Crippen MR) is 127 cm³/mol. The number of hydrogen-bond acceptors (Lipinski definition) is 7. The third kappa shape index (κ3) is 5.15. The summed E-state index contributed by atoms with van der Waals surface area (Å²) in [5, 5.41) is 11.1. The van der Waals surface area contributed by atoms with Crippen LogP contribution in [-0.2, 0) is 10.0 Å². The summed E-state index contributed by atoms with van der Waals surface area (Å²) in [7, 11) is -2.44. The molecule has 0 radical (unpaired) electrons. The average molecular weight is 489 g/mol. The van der Waals surface area contributed by atoms with Gasteiger partial charge in [0.2, 0.25) is 10.0 Å². The minimum atomic E-state index is -3.84. The molecule has 1 aliphatic carbocycles. The third-order valence-electron chi connectivity index (χ3n) is 6.35. The molecule has 0 bridgehead atoms. The fraction of sp³-hybridized carbons (Fsp3) is 0.435. The maximum atomic E-state index is 13.2. The molecule has 10 nitrogen and oxygen atoms in total. The summed E-state index contributed by atoms with van der Waals surface area (Å²) in [4.78, 5) is 27.4. The number of carbonyl (C=O) groups excluding carboxylic acids is 1. The van der Waals surface area contributed by atoms with E-state index >= 15 is 0 Å². The summed E-state index contributed by atoms with van der Waals surface area (Å²) < 4.78 is 34.1. The lowest BCUT2D eigenvalue weighted by molar-refractivity contribution is -0.384. The van der Waals surface area contributed by atoms with Crippen molar-refractivity contribution in [3.8, 4) is 5.75 Å². The van der Waals surface area contributed by atoms with E-state index in [1.165, 1.54) is 31.4 Å². The van der Waals surface area contributed by atoms with Crippen molar-refractivity contribution < 1.29 is 22.9 Å². The number of ether oxygens (including phenoxy) is 1. The molecule has 1 saturated heterocycles. The summed E-state index contributed by atoms with van der Waals surface area (Å²) in [5.41, 5.74) is 1.03. The van der Waals surface area contributed by atoms with Crippen LogP contribution in [0.4, 0.5) is 11.4 Å². The number of nitro benzene ring substituents is 1. The molecule has 1 aliphatic heterocycles. The average Bonchev–Trinajstić information content (AvgIpc) is 3.35. The van der Waals surface area contributed by atoms with Gasteiger partial charge in [-0.1, -0.05) is 18.9 Å². The van der Waals surface area contributed by atoms with Gasteiger partial charge in [0.1, 0.15) is 10.6 Å². The Bertz CT molecular complexity index is 1170. The van der Waals surface area contributed by atoms with Gasteiger partial charge in [0.05, 0.1) is 12.0 Å². The molecule has 0 unspecified atom stereocenters. The normalized spacial score (nSPS) is 17.1. The fourth-order valence-electron chi connectivity index (χ4n) is 4.50. The van der Waals surface area contributed by atoms with Crippen LogP contribution in [0, 0.1) is 10.1 Å². The molecule has 1 heterocycles. The highest BCUT2D eigenvalue weighted by molar-refractivity contribution is 7.89. The number of nitro groups is 1. The first-order valence-corrected chi connectivity index (χ1v) is 12.8. The Morgan fingerprint density at radius 2 is 1.79 bits per heavy atom. The van der Waals surface area contributed by atoms with E-state index in [0.717, 1.165) is 31.4 Å². The number of nitrogens with one attached hydrogen (secondary N) is 1. The van der Waals surface area contributed by atoms with Crippen molar-refractivity contribution in [3.05, 3.63) is 58.1 Å². The number of rotatable bonds is 7. The zero-order valence-electron chi connectivity index (χ0n) is 19.0. The standard InChI is InChI=1S/C23H28N4O6S/c1-33-21-10-9-17(15-22(21)34(31,32)24-18-5-2-3-6-18)23(28)26-13-11-25(12-14-26)19-7-4-8-20(16-19)27(29)30/h4,7-10,15-16,18,24H,2-3,5-6,11-14H2,1H3. The zero-order chi connectivity index (χ0) is 24.3. The molecule has 1 N–H and O–H groups in total. The number of carbonyl (C=O) groups is 1. The number of amides is 1. The Morgan fingerprint density at radius 3 is 2.44 bits per heavy atom. The van der Waals surface area contributed by atoms with Crippen LogP contribution in [0.15, 0.2) is 47.4 Å². The molecule has 2 aliphatic rings. The molecule has 2 aromatic rings. The molecular weight excluding hydrogens is 460 g/mol. The summed E-state index contributed by atoms with van der Waals surface area (Å²) >= 11 is 0. The maximum absolute atomic E-state index is 13.2. The number of non-ortho nitro benzene ring substituents is 1. The second-order valence-corrected chi connectivity index (χ2v) is 10.2. The van der Waals surface area contributed by atoms with Crippen LogP contribution in [0.3, 0.4) is 0 Å². The van der Waals surface area contributed by atoms with Gasteiger partial charge in [-0.2, -0.15) is 0 Å². The Labute approximate surface area is 198 Å². The molecule has 182 valence electrons. The van der Waals surface area contributed by atoms with E-state index in [9.17, 15) is 23.3 Å². The van der Waals surface area contributed by atoms with E-state index in [2.05, 4.69) is 4.72 Å². The second-order valence-electron chi connectivity index (χ2n) is 8.52. The summed E-state index contributed by atoms with van der Waals surface area (Å²) in [5.74, 6) is -0.0730. The lowest BCUT2D eigenvalue weighted by Gasteiger charge is -2.36. The summed E-state index contributed by atoms with van der Waals surface area (Å²) in [6.45, 7) is 1.85. The highest BCUT2D eigenvalue weighted by Gasteiger charge is 2.28. The van der Waals surface area contributed by atoms with Crippen molar-refractivity contribution >= 4 is 27.3 Å². The van der Waals surface area contributed by atoms with Crippen LogP contribution in [0.5, 0.6) is 5.75 Å². The van der Waals surface area contributed by atoms with Gasteiger partial charge in [0.25, 0.3) is 11.6 Å². The SMILES string of the molecule is COc1ccc(C(=O)N2CCN(c3cccc([N+](=O)[O-])c3)CC2)cc1S(=O)(=O)NC1CCCC1. The Balaban J connectivity index is 1.47. The monoisotopic (exact) mass is 488 g/mol. The van der Waals surface area contributed by atoms with Crippen molar-refractivity contribution in [2.24, 2.45) is 0 Å². The molecular formula is C23H28N4O6S. The molecule has 2 fully saturated rings. The van der Waals surface area contributed by atoms with Gasteiger partial charge < -0.3 is 14.5 Å². The van der Waals surface area contributed by atoms with E-state index in [1.54, 1.807) is 17.0 Å². The largest absolute Gasteiger partial charge is 0.495 e. The van der Waals surface area contributed by atoms with Gasteiger partial charge in [-0.25, -0.2) is 13.1 Å². The van der Waals surface area contributed by atoms with Crippen LogP contribution < -0.4 is 14.4 Å². The molecule has 34 heavy (non-hydrogen) atoms. The number of benzene rings is 2. The Morgan fingerprint density at radius 1 is 1.09 bits per heavy atom. The molecule has 2 aromatic carbocycles. The zero-order valence-corrected chi connectivity index (χ0v) is 19.8. The van der Waals surface area contributed by atoms with E-state index in [1.807, 2.05) is 11.0 Å². The maximum Gasteiger partial charge on any atom is 0.271 e. The lowest BCUT2D eigenvalue weighted by Crippen LogP contribution is -2.48. The molecule has 4 rings (SSSR count).